The van der Waals surface area contributed by atoms with E-state index in [9.17, 15) is 14.7 Å². The van der Waals surface area contributed by atoms with Gasteiger partial charge >= 0.3 is 0 Å². The first-order chi connectivity index (χ1) is 14.3. The molecule has 1 aromatic rings. The Morgan fingerprint density at radius 1 is 1.23 bits per heavy atom. The van der Waals surface area contributed by atoms with Gasteiger partial charge in [-0.05, 0) is 80.4 Å². The Kier molecular flexibility index (Phi) is 5.27. The first-order valence-corrected chi connectivity index (χ1v) is 10.8. The molecular weight excluding hydrogens is 376 g/mol. The zero-order valence-corrected chi connectivity index (χ0v) is 17.6. The van der Waals surface area contributed by atoms with E-state index in [0.717, 1.165) is 36.1 Å². The zero-order valence-electron chi connectivity index (χ0n) is 17.6. The van der Waals surface area contributed by atoms with E-state index in [-0.39, 0.29) is 40.6 Å². The molecule has 1 N–H and O–H groups in total. The maximum atomic E-state index is 13.2. The Morgan fingerprint density at radius 3 is 2.67 bits per heavy atom. The quantitative estimate of drug-likeness (QED) is 0.778. The summed E-state index contributed by atoms with van der Waals surface area (Å²) in [5.41, 5.74) is 2.63. The minimum atomic E-state index is -0.358. The van der Waals surface area contributed by atoms with Crippen LogP contribution in [0.5, 0.6) is 5.75 Å². The fourth-order valence-corrected chi connectivity index (χ4v) is 5.90. The van der Waals surface area contributed by atoms with Gasteiger partial charge in [-0.3, -0.25) is 14.5 Å². The Bertz CT molecular complexity index is 969. The van der Waals surface area contributed by atoms with Crippen LogP contribution in [0, 0.1) is 34.5 Å². The van der Waals surface area contributed by atoms with Crippen molar-refractivity contribution >= 4 is 17.4 Å². The summed E-state index contributed by atoms with van der Waals surface area (Å²) in [6.07, 6.45) is 7.81. The average molecular weight is 405 g/mol. The highest BCUT2D eigenvalue weighted by Gasteiger charge is 2.53. The SMILES string of the molecule is CC1=CC(=O)C2C(CCC3=CN(c4ccc(O)cc4)C(=O)CCC32C)C1CCC#N. The molecule has 1 amide bonds. The highest BCUT2D eigenvalue weighted by Crippen LogP contribution is 2.57. The molecule has 3 aliphatic rings. The van der Waals surface area contributed by atoms with E-state index in [1.807, 2.05) is 13.1 Å². The molecular formula is C25H28N2O3. The number of nitriles is 1. The number of fused-ring (bicyclic) bond motifs is 3. The van der Waals surface area contributed by atoms with Crippen LogP contribution in [0.4, 0.5) is 5.69 Å². The third-order valence-electron chi connectivity index (χ3n) is 7.48. The van der Waals surface area contributed by atoms with Crippen molar-refractivity contribution in [3.63, 3.8) is 0 Å². The number of nitrogens with zero attached hydrogens (tertiary/aromatic N) is 2. The number of phenols is 1. The molecule has 4 rings (SSSR count). The smallest absolute Gasteiger partial charge is 0.231 e. The highest BCUT2D eigenvalue weighted by molar-refractivity contribution is 5.97. The molecule has 1 aliphatic heterocycles. The number of hydrogen-bond donors (Lipinski definition) is 1. The average Bonchev–Trinajstić information content (AvgIpc) is 2.84. The van der Waals surface area contributed by atoms with Crippen molar-refractivity contribution in [3.8, 4) is 11.8 Å². The maximum absolute atomic E-state index is 13.2. The molecule has 1 heterocycles. The predicted octanol–water partition coefficient (Wildman–Crippen LogP) is 4.88. The first-order valence-electron chi connectivity index (χ1n) is 10.8. The zero-order chi connectivity index (χ0) is 21.5. The summed E-state index contributed by atoms with van der Waals surface area (Å²) in [4.78, 5) is 27.9. The van der Waals surface area contributed by atoms with Crippen molar-refractivity contribution in [1.82, 2.24) is 0 Å². The van der Waals surface area contributed by atoms with Gasteiger partial charge in [0.05, 0.1) is 6.07 Å². The van der Waals surface area contributed by atoms with Crippen molar-refractivity contribution in [1.29, 1.82) is 5.26 Å². The number of anilines is 1. The molecule has 5 nitrogen and oxygen atoms in total. The summed E-state index contributed by atoms with van der Waals surface area (Å²) in [6.45, 7) is 4.17. The van der Waals surface area contributed by atoms with Crippen molar-refractivity contribution in [3.05, 3.63) is 47.7 Å². The van der Waals surface area contributed by atoms with Crippen molar-refractivity contribution in [2.24, 2.45) is 23.2 Å². The second kappa shape index (κ2) is 7.75. The summed E-state index contributed by atoms with van der Waals surface area (Å²) >= 11 is 0. The van der Waals surface area contributed by atoms with Crippen LogP contribution < -0.4 is 4.90 Å². The number of aromatic hydroxyl groups is 1. The lowest BCUT2D eigenvalue weighted by atomic mass is 9.52. The van der Waals surface area contributed by atoms with Crippen molar-refractivity contribution < 1.29 is 14.7 Å². The van der Waals surface area contributed by atoms with Gasteiger partial charge in [0.2, 0.25) is 5.91 Å². The molecule has 0 aromatic heterocycles. The molecule has 5 heteroatoms. The van der Waals surface area contributed by atoms with Crippen LogP contribution in [-0.2, 0) is 9.59 Å². The van der Waals surface area contributed by atoms with Crippen LogP contribution in [0.1, 0.15) is 52.4 Å². The minimum Gasteiger partial charge on any atom is -0.508 e. The number of allylic oxidation sites excluding steroid dienone is 3. The van der Waals surface area contributed by atoms with Gasteiger partial charge in [0.25, 0.3) is 0 Å². The largest absolute Gasteiger partial charge is 0.508 e. The monoisotopic (exact) mass is 404 g/mol. The standard InChI is InChI=1S/C25H28N2O3/c1-16-14-22(29)24-21(20(16)4-3-13-26)10-5-17-15-27(18-6-8-19(28)9-7-18)23(30)11-12-25(17,24)2/h6-9,14-15,20-21,24,28H,3-5,10-12H2,1-2H3. The number of carbonyl (C=O) groups is 2. The Hall–Kier alpha value is -2.87. The number of hydrogen-bond acceptors (Lipinski definition) is 4. The minimum absolute atomic E-state index is 0.0105. The Labute approximate surface area is 177 Å². The van der Waals surface area contributed by atoms with Crippen LogP contribution in [-0.4, -0.2) is 16.8 Å². The van der Waals surface area contributed by atoms with E-state index in [2.05, 4.69) is 13.0 Å². The lowest BCUT2D eigenvalue weighted by Crippen LogP contribution is -2.48. The van der Waals surface area contributed by atoms with Gasteiger partial charge in [-0.15, -0.1) is 0 Å². The fraction of sp³-hybridized carbons (Fsp3) is 0.480. The summed E-state index contributed by atoms with van der Waals surface area (Å²) in [7, 11) is 0. The summed E-state index contributed by atoms with van der Waals surface area (Å²) in [6, 6.07) is 8.91. The molecule has 4 unspecified atom stereocenters. The molecule has 0 spiro atoms. The number of benzene rings is 1. The topological polar surface area (TPSA) is 81.4 Å². The maximum Gasteiger partial charge on any atom is 0.231 e. The van der Waals surface area contributed by atoms with Gasteiger partial charge in [0.15, 0.2) is 5.78 Å². The lowest BCUT2D eigenvalue weighted by Gasteiger charge is -2.51. The second-order valence-corrected chi connectivity index (χ2v) is 9.13. The van der Waals surface area contributed by atoms with E-state index in [1.54, 1.807) is 35.2 Å². The normalized spacial score (nSPS) is 31.1. The summed E-state index contributed by atoms with van der Waals surface area (Å²) in [5, 5.41) is 18.7. The molecule has 1 fully saturated rings. The molecule has 30 heavy (non-hydrogen) atoms. The Balaban J connectivity index is 1.73. The van der Waals surface area contributed by atoms with Crippen LogP contribution in [0.3, 0.4) is 0 Å². The molecule has 4 atom stereocenters. The number of carbonyl (C=O) groups excluding carboxylic acids is 2. The van der Waals surface area contributed by atoms with Gasteiger partial charge < -0.3 is 5.11 Å². The van der Waals surface area contributed by atoms with Crippen LogP contribution in [0.25, 0.3) is 0 Å². The van der Waals surface area contributed by atoms with Crippen LogP contribution >= 0.6 is 0 Å². The summed E-state index contributed by atoms with van der Waals surface area (Å²) in [5.74, 6) is 0.696. The van der Waals surface area contributed by atoms with Crippen molar-refractivity contribution in [2.75, 3.05) is 4.90 Å². The van der Waals surface area contributed by atoms with Gasteiger partial charge in [-0.25, -0.2) is 0 Å². The molecule has 0 saturated heterocycles. The van der Waals surface area contributed by atoms with E-state index in [4.69, 9.17) is 5.26 Å². The lowest BCUT2D eigenvalue weighted by molar-refractivity contribution is -0.128. The molecule has 1 saturated carbocycles. The number of amides is 1. The van der Waals surface area contributed by atoms with Gasteiger partial charge in [0, 0.05) is 36.1 Å². The van der Waals surface area contributed by atoms with Gasteiger partial charge in [0.1, 0.15) is 5.75 Å². The molecule has 156 valence electrons. The third-order valence-corrected chi connectivity index (χ3v) is 7.48. The first kappa shape index (κ1) is 20.4. The number of ketones is 1. The number of phenolic OH excluding ortho intramolecular Hbond substituents is 1. The summed E-state index contributed by atoms with van der Waals surface area (Å²) < 4.78 is 0. The van der Waals surface area contributed by atoms with E-state index < -0.39 is 0 Å². The Morgan fingerprint density at radius 2 is 1.97 bits per heavy atom. The van der Waals surface area contributed by atoms with Gasteiger partial charge in [-0.1, -0.05) is 12.5 Å². The second-order valence-electron chi connectivity index (χ2n) is 9.13. The molecule has 0 radical (unpaired) electrons. The van der Waals surface area contributed by atoms with Crippen LogP contribution in [0.15, 0.2) is 47.7 Å². The van der Waals surface area contributed by atoms with E-state index >= 15 is 0 Å². The van der Waals surface area contributed by atoms with Crippen molar-refractivity contribution in [2.45, 2.75) is 52.4 Å². The van der Waals surface area contributed by atoms with E-state index in [1.165, 1.54) is 0 Å². The predicted molar refractivity (Wildman–Crippen MR) is 114 cm³/mol. The fourth-order valence-electron chi connectivity index (χ4n) is 5.90. The van der Waals surface area contributed by atoms with Gasteiger partial charge in [-0.2, -0.15) is 5.26 Å². The highest BCUT2D eigenvalue weighted by atomic mass is 16.3. The molecule has 1 aromatic carbocycles. The molecule has 2 aliphatic carbocycles. The van der Waals surface area contributed by atoms with Crippen LogP contribution in [0.2, 0.25) is 0 Å². The number of rotatable bonds is 3. The third kappa shape index (κ3) is 3.35. The van der Waals surface area contributed by atoms with E-state index in [0.29, 0.717) is 19.3 Å². The molecule has 0 bridgehead atoms.